The van der Waals surface area contributed by atoms with E-state index in [1.165, 1.54) is 43.1 Å². The fraction of sp³-hybridized carbons (Fsp3) is 0. The van der Waals surface area contributed by atoms with E-state index in [-0.39, 0.29) is 0 Å². The van der Waals surface area contributed by atoms with Gasteiger partial charge in [-0.2, -0.15) is 4.98 Å². The van der Waals surface area contributed by atoms with Crippen molar-refractivity contribution in [1.82, 2.24) is 19.1 Å². The summed E-state index contributed by atoms with van der Waals surface area (Å²) in [6.45, 7) is 0. The van der Waals surface area contributed by atoms with E-state index in [0.717, 1.165) is 88.1 Å². The lowest BCUT2D eigenvalue weighted by Crippen LogP contribution is -2.04. The molecular formula is C58H32N4O2. The number of furan rings is 2. The second kappa shape index (κ2) is 12.4. The fourth-order valence-electron chi connectivity index (χ4n) is 10.9. The summed E-state index contributed by atoms with van der Waals surface area (Å²) < 4.78 is 18.1. The molecule has 0 bridgehead atoms. The van der Waals surface area contributed by atoms with E-state index in [4.69, 9.17) is 18.8 Å². The average molecular weight is 817 g/mol. The van der Waals surface area contributed by atoms with Gasteiger partial charge < -0.3 is 13.4 Å². The molecule has 6 heteroatoms. The summed E-state index contributed by atoms with van der Waals surface area (Å²) in [5, 5.41) is 15.8. The third kappa shape index (κ3) is 4.43. The molecule has 0 amide bonds. The van der Waals surface area contributed by atoms with Crippen molar-refractivity contribution >= 4 is 120 Å². The lowest BCUT2D eigenvalue weighted by Gasteiger charge is -2.14. The van der Waals surface area contributed by atoms with E-state index in [9.17, 15) is 0 Å². The van der Waals surface area contributed by atoms with Gasteiger partial charge in [-0.25, -0.2) is 4.98 Å². The first kappa shape index (κ1) is 33.9. The van der Waals surface area contributed by atoms with Crippen molar-refractivity contribution in [3.05, 3.63) is 194 Å². The third-order valence-corrected chi connectivity index (χ3v) is 13.5. The average Bonchev–Trinajstić information content (AvgIpc) is 4.12. The smallest absolute Gasteiger partial charge is 0.238 e. The van der Waals surface area contributed by atoms with Crippen LogP contribution in [0.15, 0.2) is 203 Å². The van der Waals surface area contributed by atoms with Gasteiger partial charge in [0, 0.05) is 49.0 Å². The quantitative estimate of drug-likeness (QED) is 0.178. The molecular weight excluding hydrogens is 785 g/mol. The Morgan fingerprint density at radius 2 is 0.969 bits per heavy atom. The zero-order valence-corrected chi connectivity index (χ0v) is 34.1. The van der Waals surface area contributed by atoms with Crippen molar-refractivity contribution in [2.75, 3.05) is 0 Å². The lowest BCUT2D eigenvalue weighted by molar-refractivity contribution is 0.651. The standard InChI is InChI=1S/C58H32N4O2/c1-2-16-36(17-3-1)61-45-30-27-33-14-5-7-19-38(33)51(45)52-40-21-9-8-20-39(40)50-41-22-10-12-24-44(41)62(55(50)56(52)61)58-59-54(53-42-23-11-13-25-46(42)64-57(53)60-58)35-26-29-43-48(32-35)63-47-31-28-34-15-4-6-18-37(34)49(43)47/h1-32H. The molecule has 0 aliphatic carbocycles. The number of fused-ring (bicyclic) bond motifs is 20. The van der Waals surface area contributed by atoms with Crippen LogP contribution in [0.1, 0.15) is 0 Å². The molecule has 0 spiro atoms. The summed E-state index contributed by atoms with van der Waals surface area (Å²) in [6, 6.07) is 68.8. The minimum atomic E-state index is 0.523. The molecule has 6 nitrogen and oxygen atoms in total. The predicted octanol–water partition coefficient (Wildman–Crippen LogP) is 15.6. The van der Waals surface area contributed by atoms with Crippen molar-refractivity contribution in [2.45, 2.75) is 0 Å². The highest BCUT2D eigenvalue weighted by Crippen LogP contribution is 2.49. The summed E-state index contributed by atoms with van der Waals surface area (Å²) in [5.74, 6) is 0.523. The summed E-state index contributed by atoms with van der Waals surface area (Å²) in [7, 11) is 0. The van der Waals surface area contributed by atoms with Crippen LogP contribution in [-0.4, -0.2) is 19.1 Å². The van der Waals surface area contributed by atoms with E-state index in [1.54, 1.807) is 0 Å². The molecule has 0 unspecified atom stereocenters. The molecule has 0 saturated carbocycles. The van der Waals surface area contributed by atoms with Crippen LogP contribution in [0.25, 0.3) is 143 Å². The number of benzene rings is 10. The fourth-order valence-corrected chi connectivity index (χ4v) is 10.9. The first-order valence-corrected chi connectivity index (χ1v) is 21.7. The minimum absolute atomic E-state index is 0.523. The Balaban J connectivity index is 1.13. The van der Waals surface area contributed by atoms with Gasteiger partial charge in [0.25, 0.3) is 0 Å². The van der Waals surface area contributed by atoms with Crippen molar-refractivity contribution < 1.29 is 8.83 Å². The molecule has 5 aromatic heterocycles. The van der Waals surface area contributed by atoms with Gasteiger partial charge in [-0.15, -0.1) is 0 Å². The van der Waals surface area contributed by atoms with Gasteiger partial charge in [0.2, 0.25) is 11.7 Å². The van der Waals surface area contributed by atoms with Gasteiger partial charge in [0.1, 0.15) is 16.7 Å². The Hall–Kier alpha value is -8.74. The van der Waals surface area contributed by atoms with Gasteiger partial charge in [0.15, 0.2) is 0 Å². The number of hydrogen-bond acceptors (Lipinski definition) is 4. The Morgan fingerprint density at radius 1 is 0.344 bits per heavy atom. The monoisotopic (exact) mass is 816 g/mol. The molecule has 5 heterocycles. The molecule has 10 aromatic carbocycles. The van der Waals surface area contributed by atoms with Gasteiger partial charge in [-0.1, -0.05) is 146 Å². The minimum Gasteiger partial charge on any atom is -0.456 e. The predicted molar refractivity (Wildman–Crippen MR) is 263 cm³/mol. The van der Waals surface area contributed by atoms with E-state index in [0.29, 0.717) is 11.7 Å². The maximum Gasteiger partial charge on any atom is 0.238 e. The Kier molecular flexibility index (Phi) is 6.59. The second-order valence-electron chi connectivity index (χ2n) is 16.8. The highest BCUT2D eigenvalue weighted by atomic mass is 16.3. The van der Waals surface area contributed by atoms with E-state index in [1.807, 2.05) is 18.2 Å². The second-order valence-corrected chi connectivity index (χ2v) is 16.8. The van der Waals surface area contributed by atoms with E-state index >= 15 is 0 Å². The van der Waals surface area contributed by atoms with Gasteiger partial charge in [-0.05, 0) is 80.8 Å². The summed E-state index contributed by atoms with van der Waals surface area (Å²) >= 11 is 0. The highest BCUT2D eigenvalue weighted by Gasteiger charge is 2.28. The molecule has 0 N–H and O–H groups in total. The van der Waals surface area contributed by atoms with Crippen molar-refractivity contribution in [3.8, 4) is 22.9 Å². The zero-order valence-electron chi connectivity index (χ0n) is 34.1. The molecule has 15 rings (SSSR count). The molecule has 296 valence electrons. The molecule has 0 aliphatic heterocycles. The number of rotatable bonds is 3. The van der Waals surface area contributed by atoms with E-state index < -0.39 is 0 Å². The van der Waals surface area contributed by atoms with Crippen LogP contribution < -0.4 is 0 Å². The van der Waals surface area contributed by atoms with Crippen LogP contribution in [0, 0.1) is 0 Å². The summed E-state index contributed by atoms with van der Waals surface area (Å²) in [4.78, 5) is 11.1. The normalized spacial score (nSPS) is 12.4. The molecule has 0 atom stereocenters. The SMILES string of the molecule is c1ccc(-n2c3ccc4ccccc4c3c3c4ccccc4c4c5ccccc5n(-c5nc(-c6ccc7c(c6)oc6ccc8ccccc8c67)c6c(n5)oc5ccccc56)c4c32)cc1. The largest absolute Gasteiger partial charge is 0.456 e. The Morgan fingerprint density at radius 3 is 1.78 bits per heavy atom. The lowest BCUT2D eigenvalue weighted by atomic mass is 9.96. The number of nitrogens with zero attached hydrogens (tertiary/aromatic N) is 4. The van der Waals surface area contributed by atoms with Crippen LogP contribution in [-0.2, 0) is 0 Å². The topological polar surface area (TPSA) is 61.9 Å². The summed E-state index contributed by atoms with van der Waals surface area (Å²) in [5.41, 5.74) is 9.96. The van der Waals surface area contributed by atoms with Crippen LogP contribution in [0.5, 0.6) is 0 Å². The molecule has 0 fully saturated rings. The van der Waals surface area contributed by atoms with E-state index in [2.05, 4.69) is 185 Å². The Bertz CT molecular complexity index is 4490. The van der Waals surface area contributed by atoms with Crippen molar-refractivity contribution in [2.24, 2.45) is 0 Å². The molecule has 0 saturated heterocycles. The molecule has 0 aliphatic rings. The van der Waals surface area contributed by atoms with Gasteiger partial charge in [-0.3, -0.25) is 4.57 Å². The molecule has 64 heavy (non-hydrogen) atoms. The van der Waals surface area contributed by atoms with Crippen molar-refractivity contribution in [1.29, 1.82) is 0 Å². The summed E-state index contributed by atoms with van der Waals surface area (Å²) in [6.07, 6.45) is 0. The first-order chi connectivity index (χ1) is 31.8. The molecule has 0 radical (unpaired) electrons. The highest BCUT2D eigenvalue weighted by molar-refractivity contribution is 6.39. The zero-order chi connectivity index (χ0) is 41.6. The van der Waals surface area contributed by atoms with Crippen LogP contribution in [0.2, 0.25) is 0 Å². The van der Waals surface area contributed by atoms with Gasteiger partial charge >= 0.3 is 0 Å². The number of aromatic nitrogens is 4. The van der Waals surface area contributed by atoms with Crippen LogP contribution >= 0.6 is 0 Å². The van der Waals surface area contributed by atoms with Crippen LogP contribution in [0.3, 0.4) is 0 Å². The van der Waals surface area contributed by atoms with Crippen LogP contribution in [0.4, 0.5) is 0 Å². The molecule has 15 aromatic rings. The third-order valence-electron chi connectivity index (χ3n) is 13.5. The Labute approximate surface area is 363 Å². The van der Waals surface area contributed by atoms with Gasteiger partial charge in [0.05, 0.1) is 33.1 Å². The number of para-hydroxylation sites is 3. The maximum absolute atomic E-state index is 6.72. The van der Waals surface area contributed by atoms with Crippen molar-refractivity contribution in [3.63, 3.8) is 0 Å². The maximum atomic E-state index is 6.72. The first-order valence-electron chi connectivity index (χ1n) is 21.7. The number of hydrogen-bond donors (Lipinski definition) is 0.